The maximum Gasteiger partial charge on any atom is 0.475 e. The molecule has 0 spiro atoms. The van der Waals surface area contributed by atoms with Crippen molar-refractivity contribution in [1.82, 2.24) is 4.90 Å². The van der Waals surface area contributed by atoms with Crippen molar-refractivity contribution in [2.45, 2.75) is 34.2 Å². The van der Waals surface area contributed by atoms with Gasteiger partial charge >= 0.3 is 8.56 Å². The molecule has 94 valence electrons. The van der Waals surface area contributed by atoms with Gasteiger partial charge in [-0.2, -0.15) is 0 Å². The summed E-state index contributed by atoms with van der Waals surface area (Å²) in [6.07, 6.45) is 0.513. The smallest absolute Gasteiger partial charge is 0.475 e. The first-order valence-corrected chi connectivity index (χ1v) is 7.96. The zero-order valence-electron chi connectivity index (χ0n) is 10.7. The minimum absolute atomic E-state index is 0.400. The summed E-state index contributed by atoms with van der Waals surface area (Å²) in [5.41, 5.74) is 0. The highest BCUT2D eigenvalue weighted by Gasteiger charge is 2.39. The molecule has 0 rings (SSSR count). The van der Waals surface area contributed by atoms with Crippen LogP contribution in [0.3, 0.4) is 0 Å². The fraction of sp³-hybridized carbons (Fsp3) is 0.800. The number of hydrogen-bond acceptors (Lipinski definition) is 5. The first-order chi connectivity index (χ1) is 7.33. The lowest BCUT2D eigenvalue weighted by molar-refractivity contribution is -0.139. The summed E-state index contributed by atoms with van der Waals surface area (Å²) in [7, 11) is -2.75. The normalized spacial score (nSPS) is 11.4. The maximum atomic E-state index is 11.0. The number of rotatable bonds is 6. The van der Waals surface area contributed by atoms with E-state index >= 15 is 0 Å². The van der Waals surface area contributed by atoms with E-state index in [2.05, 4.69) is 4.90 Å². The quantitative estimate of drug-likeness (QED) is 0.657. The minimum atomic E-state index is -2.75. The molecule has 0 atom stereocenters. The number of carbonyl (C=O) groups excluding carboxylic acids is 2. The van der Waals surface area contributed by atoms with Crippen molar-refractivity contribution in [3.63, 3.8) is 0 Å². The molecule has 0 aliphatic carbocycles. The molecule has 5 nitrogen and oxygen atoms in total. The molecule has 0 aliphatic rings. The SMILES string of the molecule is CCN(CC)C[Si](C)(OC(C)=O)OC(C)=O. The van der Waals surface area contributed by atoms with Crippen LogP contribution < -0.4 is 0 Å². The van der Waals surface area contributed by atoms with Gasteiger partial charge in [-0.15, -0.1) is 0 Å². The minimum Gasteiger partial charge on any atom is -0.484 e. The molecule has 0 aliphatic heterocycles. The molecule has 0 amide bonds. The standard InChI is InChI=1S/C10H21NO4Si/c1-6-11(7-2)8-16(5,14-9(3)12)15-10(4)13/h6-8H2,1-5H3. The van der Waals surface area contributed by atoms with Gasteiger partial charge in [0, 0.05) is 20.4 Å². The number of hydrogen-bond donors (Lipinski definition) is 0. The molecule has 0 bridgehead atoms. The molecule has 0 radical (unpaired) electrons. The van der Waals surface area contributed by atoms with Crippen molar-refractivity contribution in [2.24, 2.45) is 0 Å². The first kappa shape index (κ1) is 15.1. The van der Waals surface area contributed by atoms with Crippen LogP contribution in [0.5, 0.6) is 0 Å². The van der Waals surface area contributed by atoms with Crippen molar-refractivity contribution >= 4 is 20.5 Å². The van der Waals surface area contributed by atoms with Crippen LogP contribution >= 0.6 is 0 Å². The summed E-state index contributed by atoms with van der Waals surface area (Å²) in [5, 5.41) is 0. The second-order valence-electron chi connectivity index (χ2n) is 3.78. The number of nitrogens with zero attached hydrogens (tertiary/aromatic N) is 1. The van der Waals surface area contributed by atoms with Gasteiger partial charge < -0.3 is 8.85 Å². The zero-order valence-corrected chi connectivity index (χ0v) is 11.7. The van der Waals surface area contributed by atoms with Crippen LogP contribution in [0.15, 0.2) is 0 Å². The molecule has 16 heavy (non-hydrogen) atoms. The van der Waals surface area contributed by atoms with E-state index in [1.807, 2.05) is 13.8 Å². The average Bonchev–Trinajstić information content (AvgIpc) is 2.11. The molecule has 0 fully saturated rings. The predicted octanol–water partition coefficient (Wildman–Crippen LogP) is 1.07. The fourth-order valence-corrected chi connectivity index (χ4v) is 4.19. The van der Waals surface area contributed by atoms with Crippen LogP contribution in [-0.2, 0) is 18.4 Å². The van der Waals surface area contributed by atoms with Crippen LogP contribution in [0.4, 0.5) is 0 Å². The van der Waals surface area contributed by atoms with E-state index in [1.165, 1.54) is 13.8 Å². The zero-order chi connectivity index (χ0) is 12.8. The van der Waals surface area contributed by atoms with Gasteiger partial charge in [0.25, 0.3) is 11.9 Å². The topological polar surface area (TPSA) is 55.8 Å². The van der Waals surface area contributed by atoms with Gasteiger partial charge in [0.05, 0.1) is 6.17 Å². The van der Waals surface area contributed by atoms with Crippen molar-refractivity contribution in [3.8, 4) is 0 Å². The van der Waals surface area contributed by atoms with Crippen molar-refractivity contribution in [1.29, 1.82) is 0 Å². The van der Waals surface area contributed by atoms with E-state index in [0.29, 0.717) is 6.17 Å². The van der Waals surface area contributed by atoms with Crippen LogP contribution in [0.1, 0.15) is 27.7 Å². The Morgan fingerprint density at radius 2 is 1.44 bits per heavy atom. The molecular weight excluding hydrogens is 226 g/mol. The summed E-state index contributed by atoms with van der Waals surface area (Å²) < 4.78 is 10.4. The number of carbonyl (C=O) groups is 2. The Bertz CT molecular complexity index is 237. The highest BCUT2D eigenvalue weighted by Crippen LogP contribution is 2.10. The maximum absolute atomic E-state index is 11.0. The van der Waals surface area contributed by atoms with E-state index in [0.717, 1.165) is 13.1 Å². The van der Waals surface area contributed by atoms with Crippen LogP contribution in [0, 0.1) is 0 Å². The molecule has 0 saturated carbocycles. The molecule has 0 unspecified atom stereocenters. The van der Waals surface area contributed by atoms with Crippen LogP contribution in [0.2, 0.25) is 6.55 Å². The Balaban J connectivity index is 4.63. The molecule has 0 aromatic rings. The summed E-state index contributed by atoms with van der Waals surface area (Å²) in [4.78, 5) is 24.1. The van der Waals surface area contributed by atoms with Crippen molar-refractivity contribution in [3.05, 3.63) is 0 Å². The van der Waals surface area contributed by atoms with Gasteiger partial charge in [-0.3, -0.25) is 14.5 Å². The second kappa shape index (κ2) is 6.65. The average molecular weight is 247 g/mol. The highest BCUT2D eigenvalue weighted by atomic mass is 28.4. The Morgan fingerprint density at radius 1 is 1.06 bits per heavy atom. The highest BCUT2D eigenvalue weighted by molar-refractivity contribution is 6.69. The Morgan fingerprint density at radius 3 is 1.69 bits per heavy atom. The van der Waals surface area contributed by atoms with Gasteiger partial charge in [0.15, 0.2) is 0 Å². The third-order valence-electron chi connectivity index (χ3n) is 2.12. The van der Waals surface area contributed by atoms with Crippen LogP contribution in [0.25, 0.3) is 0 Å². The van der Waals surface area contributed by atoms with E-state index in [4.69, 9.17) is 8.85 Å². The summed E-state index contributed by atoms with van der Waals surface area (Å²) in [5.74, 6) is -0.801. The lowest BCUT2D eigenvalue weighted by Crippen LogP contribution is -2.52. The van der Waals surface area contributed by atoms with E-state index in [1.54, 1.807) is 6.55 Å². The molecule has 6 heteroatoms. The van der Waals surface area contributed by atoms with Crippen molar-refractivity contribution in [2.75, 3.05) is 19.3 Å². The van der Waals surface area contributed by atoms with E-state index in [9.17, 15) is 9.59 Å². The Hall–Kier alpha value is -0.883. The van der Waals surface area contributed by atoms with E-state index in [-0.39, 0.29) is 0 Å². The summed E-state index contributed by atoms with van der Waals surface area (Å²) in [6, 6.07) is 0. The Kier molecular flexibility index (Phi) is 6.28. The van der Waals surface area contributed by atoms with Gasteiger partial charge in [0.1, 0.15) is 0 Å². The second-order valence-corrected chi connectivity index (χ2v) is 6.77. The monoisotopic (exact) mass is 247 g/mol. The lowest BCUT2D eigenvalue weighted by Gasteiger charge is -2.30. The Labute approximate surface area is 98.0 Å². The van der Waals surface area contributed by atoms with Gasteiger partial charge in [-0.1, -0.05) is 13.8 Å². The molecule has 0 heterocycles. The van der Waals surface area contributed by atoms with Gasteiger partial charge in [-0.05, 0) is 13.1 Å². The predicted molar refractivity (Wildman–Crippen MR) is 62.9 cm³/mol. The van der Waals surface area contributed by atoms with Crippen LogP contribution in [-0.4, -0.2) is 44.7 Å². The molecule has 0 aromatic heterocycles. The lowest BCUT2D eigenvalue weighted by atomic mass is 10.6. The van der Waals surface area contributed by atoms with E-state index < -0.39 is 20.5 Å². The van der Waals surface area contributed by atoms with Crippen molar-refractivity contribution < 1.29 is 18.4 Å². The molecular formula is C10H21NO4Si. The summed E-state index contributed by atoms with van der Waals surface area (Å²) >= 11 is 0. The fourth-order valence-electron chi connectivity index (χ4n) is 1.55. The third-order valence-corrected chi connectivity index (χ3v) is 4.58. The summed E-state index contributed by atoms with van der Waals surface area (Å²) in [6.45, 7) is 10.1. The molecule has 0 N–H and O–H groups in total. The van der Waals surface area contributed by atoms with Gasteiger partial charge in [0.2, 0.25) is 0 Å². The molecule has 0 saturated heterocycles. The van der Waals surface area contributed by atoms with Gasteiger partial charge in [-0.25, -0.2) is 0 Å². The first-order valence-electron chi connectivity index (χ1n) is 5.44. The largest absolute Gasteiger partial charge is 0.484 e. The third kappa shape index (κ3) is 5.87. The molecule has 0 aromatic carbocycles.